The molecule has 9 heteroatoms. The molecular weight excluding hydrogens is 458 g/mol. The van der Waals surface area contributed by atoms with Crippen molar-refractivity contribution in [2.75, 3.05) is 10.0 Å². The summed E-state index contributed by atoms with van der Waals surface area (Å²) in [4.78, 5) is 23.7. The van der Waals surface area contributed by atoms with Crippen LogP contribution in [0, 0.1) is 0 Å². The molecule has 2 amide bonds. The molecule has 0 radical (unpaired) electrons. The molecule has 0 fully saturated rings. The van der Waals surface area contributed by atoms with Gasteiger partial charge in [0, 0.05) is 27.0 Å². The molecule has 0 saturated carbocycles. The molecule has 0 aliphatic carbocycles. The minimum absolute atomic E-state index is 0.102. The van der Waals surface area contributed by atoms with Crippen molar-refractivity contribution in [3.8, 4) is 0 Å². The van der Waals surface area contributed by atoms with E-state index >= 15 is 0 Å². The number of benzene rings is 3. The summed E-state index contributed by atoms with van der Waals surface area (Å²) in [5.41, 5.74) is 6.51. The van der Waals surface area contributed by atoms with E-state index in [0.717, 1.165) is 4.47 Å². The van der Waals surface area contributed by atoms with Gasteiger partial charge in [0.2, 0.25) is 5.91 Å². The Hall–Kier alpha value is -3.17. The highest BCUT2D eigenvalue weighted by atomic mass is 79.9. The topological polar surface area (TPSA) is 118 Å². The number of sulfonamides is 1. The maximum Gasteiger partial charge on any atom is 0.261 e. The molecule has 4 N–H and O–H groups in total. The van der Waals surface area contributed by atoms with E-state index in [1.807, 2.05) is 0 Å². The summed E-state index contributed by atoms with van der Waals surface area (Å²) in [5, 5.41) is 2.68. The number of hydrogen-bond donors (Lipinski definition) is 3. The van der Waals surface area contributed by atoms with E-state index in [1.54, 1.807) is 42.5 Å². The van der Waals surface area contributed by atoms with Crippen molar-refractivity contribution < 1.29 is 18.0 Å². The number of nitrogens with one attached hydrogen (secondary N) is 2. The van der Waals surface area contributed by atoms with Crippen LogP contribution in [0.5, 0.6) is 0 Å². The van der Waals surface area contributed by atoms with Crippen LogP contribution in [0.2, 0.25) is 0 Å². The van der Waals surface area contributed by atoms with Crippen LogP contribution in [0.15, 0.2) is 82.2 Å². The first-order valence-corrected chi connectivity index (χ1v) is 10.6. The van der Waals surface area contributed by atoms with Crippen molar-refractivity contribution in [3.63, 3.8) is 0 Å². The summed E-state index contributed by atoms with van der Waals surface area (Å²) in [6, 6.07) is 18.4. The lowest BCUT2D eigenvalue weighted by Crippen LogP contribution is -2.15. The fourth-order valence-corrected chi connectivity index (χ4v) is 3.79. The van der Waals surface area contributed by atoms with E-state index in [-0.39, 0.29) is 16.1 Å². The summed E-state index contributed by atoms with van der Waals surface area (Å²) >= 11 is 3.26. The number of hydrogen-bond acceptors (Lipinski definition) is 4. The Bertz CT molecular complexity index is 1160. The van der Waals surface area contributed by atoms with E-state index < -0.39 is 21.8 Å². The summed E-state index contributed by atoms with van der Waals surface area (Å²) in [5.74, 6) is -0.991. The molecule has 0 aliphatic rings. The zero-order valence-electron chi connectivity index (χ0n) is 14.9. The summed E-state index contributed by atoms with van der Waals surface area (Å²) in [7, 11) is -3.79. The van der Waals surface area contributed by atoms with Gasteiger partial charge in [-0.15, -0.1) is 0 Å². The van der Waals surface area contributed by atoms with Crippen molar-refractivity contribution in [1.82, 2.24) is 0 Å². The van der Waals surface area contributed by atoms with Gasteiger partial charge < -0.3 is 11.1 Å². The van der Waals surface area contributed by atoms with Crippen LogP contribution in [-0.2, 0) is 10.0 Å². The molecule has 7 nitrogen and oxygen atoms in total. The van der Waals surface area contributed by atoms with Gasteiger partial charge in [-0.05, 0) is 66.7 Å². The number of anilines is 2. The molecule has 0 atom stereocenters. The van der Waals surface area contributed by atoms with Gasteiger partial charge in [-0.25, -0.2) is 8.42 Å². The number of primary amides is 1. The Labute approximate surface area is 176 Å². The van der Waals surface area contributed by atoms with Gasteiger partial charge in [-0.1, -0.05) is 22.0 Å². The van der Waals surface area contributed by atoms with E-state index in [0.29, 0.717) is 11.3 Å². The van der Waals surface area contributed by atoms with E-state index in [9.17, 15) is 18.0 Å². The second kappa shape index (κ2) is 8.46. The molecule has 0 aromatic heterocycles. The molecule has 0 saturated heterocycles. The minimum Gasteiger partial charge on any atom is -0.366 e. The molecule has 148 valence electrons. The van der Waals surface area contributed by atoms with Crippen LogP contribution in [0.3, 0.4) is 0 Å². The Balaban J connectivity index is 1.75. The van der Waals surface area contributed by atoms with Gasteiger partial charge in [0.25, 0.3) is 15.9 Å². The molecule has 3 aromatic carbocycles. The van der Waals surface area contributed by atoms with Gasteiger partial charge in [0.15, 0.2) is 0 Å². The summed E-state index contributed by atoms with van der Waals surface area (Å²) in [6.07, 6.45) is 0. The highest BCUT2D eigenvalue weighted by Gasteiger charge is 2.15. The van der Waals surface area contributed by atoms with E-state index in [2.05, 4.69) is 26.0 Å². The number of carbonyl (C=O) groups excluding carboxylic acids is 2. The Morgan fingerprint density at radius 2 is 1.48 bits per heavy atom. The molecule has 3 rings (SSSR count). The van der Waals surface area contributed by atoms with E-state index in [4.69, 9.17) is 5.73 Å². The number of nitrogens with two attached hydrogens (primary N) is 1. The molecular formula is C20H16BrN3O4S. The maximum atomic E-state index is 12.5. The number of carbonyl (C=O) groups is 2. The summed E-state index contributed by atoms with van der Waals surface area (Å²) < 4.78 is 28.2. The lowest BCUT2D eigenvalue weighted by atomic mass is 10.1. The molecule has 0 spiro atoms. The zero-order chi connectivity index (χ0) is 21.0. The van der Waals surface area contributed by atoms with Crippen LogP contribution >= 0.6 is 15.9 Å². The lowest BCUT2D eigenvalue weighted by Gasteiger charge is -2.10. The third-order valence-corrected chi connectivity index (χ3v) is 5.85. The first-order chi connectivity index (χ1) is 13.7. The highest BCUT2D eigenvalue weighted by Crippen LogP contribution is 2.20. The van der Waals surface area contributed by atoms with Crippen molar-refractivity contribution in [2.45, 2.75) is 4.90 Å². The highest BCUT2D eigenvalue weighted by molar-refractivity contribution is 9.10. The van der Waals surface area contributed by atoms with Gasteiger partial charge in [-0.3, -0.25) is 14.3 Å². The fourth-order valence-electron chi connectivity index (χ4n) is 2.47. The second-order valence-electron chi connectivity index (χ2n) is 6.04. The largest absolute Gasteiger partial charge is 0.366 e. The SMILES string of the molecule is NC(=O)c1ccc(NC(=O)c2cccc(NS(=O)(=O)c3ccc(Br)cc3)c2)cc1. The Morgan fingerprint density at radius 3 is 2.10 bits per heavy atom. The first-order valence-electron chi connectivity index (χ1n) is 8.34. The zero-order valence-corrected chi connectivity index (χ0v) is 17.3. The van der Waals surface area contributed by atoms with Crippen molar-refractivity contribution in [1.29, 1.82) is 0 Å². The Morgan fingerprint density at radius 1 is 0.828 bits per heavy atom. The monoisotopic (exact) mass is 473 g/mol. The molecule has 0 bridgehead atoms. The average Bonchev–Trinajstić information content (AvgIpc) is 2.68. The van der Waals surface area contributed by atoms with Crippen LogP contribution < -0.4 is 15.8 Å². The predicted octanol–water partition coefficient (Wildman–Crippen LogP) is 3.60. The molecule has 0 aliphatic heterocycles. The lowest BCUT2D eigenvalue weighted by molar-refractivity contribution is 0.0998. The number of halogens is 1. The first kappa shape index (κ1) is 20.6. The van der Waals surface area contributed by atoms with Gasteiger partial charge >= 0.3 is 0 Å². The fraction of sp³-hybridized carbons (Fsp3) is 0. The number of rotatable bonds is 6. The maximum absolute atomic E-state index is 12.5. The third-order valence-electron chi connectivity index (χ3n) is 3.93. The smallest absolute Gasteiger partial charge is 0.261 e. The minimum atomic E-state index is -3.79. The van der Waals surface area contributed by atoms with Crippen LogP contribution in [0.25, 0.3) is 0 Å². The number of amides is 2. The Kier molecular flexibility index (Phi) is 6.00. The normalized spacial score (nSPS) is 10.9. The predicted molar refractivity (Wildman–Crippen MR) is 114 cm³/mol. The van der Waals surface area contributed by atoms with Crippen molar-refractivity contribution in [2.24, 2.45) is 5.73 Å². The van der Waals surface area contributed by atoms with Crippen molar-refractivity contribution >= 4 is 49.1 Å². The van der Waals surface area contributed by atoms with Gasteiger partial charge in [0.1, 0.15) is 0 Å². The molecule has 29 heavy (non-hydrogen) atoms. The van der Waals surface area contributed by atoms with Crippen LogP contribution in [0.1, 0.15) is 20.7 Å². The van der Waals surface area contributed by atoms with Crippen LogP contribution in [0.4, 0.5) is 11.4 Å². The molecule has 0 heterocycles. The van der Waals surface area contributed by atoms with E-state index in [1.165, 1.54) is 30.3 Å². The van der Waals surface area contributed by atoms with Crippen molar-refractivity contribution in [3.05, 3.63) is 88.4 Å². The average molecular weight is 474 g/mol. The molecule has 3 aromatic rings. The van der Waals surface area contributed by atoms with Gasteiger partial charge in [-0.2, -0.15) is 0 Å². The molecule has 0 unspecified atom stereocenters. The standard InChI is InChI=1S/C20H16BrN3O4S/c21-15-6-10-18(11-7-15)29(27,28)24-17-3-1-2-14(12-17)20(26)23-16-8-4-13(5-9-16)19(22)25/h1-12,24H,(H2,22,25)(H,23,26). The summed E-state index contributed by atoms with van der Waals surface area (Å²) in [6.45, 7) is 0. The second-order valence-corrected chi connectivity index (χ2v) is 8.63. The van der Waals surface area contributed by atoms with Crippen LogP contribution in [-0.4, -0.2) is 20.2 Å². The third kappa shape index (κ3) is 5.21. The van der Waals surface area contributed by atoms with Gasteiger partial charge in [0.05, 0.1) is 4.90 Å². The quantitative estimate of drug-likeness (QED) is 0.506.